The molecule has 0 saturated carbocycles. The summed E-state index contributed by atoms with van der Waals surface area (Å²) in [6.45, 7) is 1.79. The Bertz CT molecular complexity index is 1660. The largest absolute Gasteiger partial charge is 0.478 e. The topological polar surface area (TPSA) is 119 Å². The molecule has 206 valence electrons. The van der Waals surface area contributed by atoms with E-state index in [1.807, 2.05) is 24.3 Å². The second-order valence-corrected chi connectivity index (χ2v) is 12.3. The molecular weight excluding hydrogens is 555 g/mol. The van der Waals surface area contributed by atoms with Crippen molar-refractivity contribution in [1.82, 2.24) is 0 Å². The standard InChI is InChI=1S/C32H27N3O4S2/c1-19(40-23-11-7-10-22(17-23)34-30(37)25-12-5-6-13-26(25)32(38)39)29(36)35-31-27(18-33)24-15-14-21(16-28(24)41-31)20-8-3-2-4-9-20/h2-13,17,19,21H,14-16H2,1H3,(H,34,37)(H,35,36)(H,38,39). The number of amides is 2. The summed E-state index contributed by atoms with van der Waals surface area (Å²) in [4.78, 5) is 39.3. The molecule has 2 atom stereocenters. The molecule has 9 heteroatoms. The van der Waals surface area contributed by atoms with Crippen LogP contribution in [0.25, 0.3) is 0 Å². The van der Waals surface area contributed by atoms with E-state index in [0.29, 0.717) is 22.2 Å². The number of anilines is 2. The molecule has 0 bridgehead atoms. The molecule has 5 rings (SSSR count). The lowest BCUT2D eigenvalue weighted by molar-refractivity contribution is -0.115. The number of carboxylic acids is 1. The third kappa shape index (κ3) is 6.35. The Hall–Kier alpha value is -4.39. The Kier molecular flexibility index (Phi) is 8.53. The van der Waals surface area contributed by atoms with E-state index in [2.05, 4.69) is 28.8 Å². The number of carboxylic acid groups (broad SMARTS) is 1. The predicted molar refractivity (Wildman–Crippen MR) is 162 cm³/mol. The number of nitrogens with one attached hydrogen (secondary N) is 2. The fourth-order valence-corrected chi connectivity index (χ4v) is 7.19. The molecule has 1 aromatic heterocycles. The maximum absolute atomic E-state index is 13.2. The molecule has 0 saturated heterocycles. The van der Waals surface area contributed by atoms with Crippen molar-refractivity contribution in [2.75, 3.05) is 10.6 Å². The second-order valence-electron chi connectivity index (χ2n) is 9.75. The smallest absolute Gasteiger partial charge is 0.336 e. The summed E-state index contributed by atoms with van der Waals surface area (Å²) in [5, 5.41) is 25.1. The third-order valence-corrected chi connectivity index (χ3v) is 9.32. The highest BCUT2D eigenvalue weighted by Gasteiger charge is 2.28. The van der Waals surface area contributed by atoms with Gasteiger partial charge in [-0.3, -0.25) is 9.59 Å². The highest BCUT2D eigenvalue weighted by atomic mass is 32.2. The van der Waals surface area contributed by atoms with Gasteiger partial charge in [0.25, 0.3) is 5.91 Å². The number of carbonyl (C=O) groups excluding carboxylic acids is 2. The maximum atomic E-state index is 13.2. The Morgan fingerprint density at radius 2 is 1.73 bits per heavy atom. The van der Waals surface area contributed by atoms with Gasteiger partial charge in [-0.2, -0.15) is 5.26 Å². The van der Waals surface area contributed by atoms with E-state index in [1.165, 1.54) is 40.8 Å². The number of nitriles is 1. The molecule has 1 heterocycles. The van der Waals surface area contributed by atoms with Crippen LogP contribution in [0.5, 0.6) is 0 Å². The summed E-state index contributed by atoms with van der Waals surface area (Å²) < 4.78 is 0. The van der Waals surface area contributed by atoms with Crippen molar-refractivity contribution in [3.8, 4) is 6.07 Å². The average Bonchev–Trinajstić information content (AvgIpc) is 3.33. The first-order chi connectivity index (χ1) is 19.8. The molecule has 1 aliphatic rings. The highest BCUT2D eigenvalue weighted by Crippen LogP contribution is 2.42. The SMILES string of the molecule is CC(Sc1cccc(NC(=O)c2ccccc2C(=O)O)c1)C(=O)Nc1sc2c(c1C#N)CCC(c1ccccc1)C2. The number of hydrogen-bond acceptors (Lipinski definition) is 6. The molecule has 0 spiro atoms. The molecule has 7 nitrogen and oxygen atoms in total. The lowest BCUT2D eigenvalue weighted by Gasteiger charge is -2.22. The van der Waals surface area contributed by atoms with E-state index < -0.39 is 17.1 Å². The van der Waals surface area contributed by atoms with E-state index in [1.54, 1.807) is 37.3 Å². The number of benzene rings is 3. The minimum Gasteiger partial charge on any atom is -0.478 e. The minimum absolute atomic E-state index is 0.0628. The van der Waals surface area contributed by atoms with Gasteiger partial charge in [-0.05, 0) is 73.6 Å². The van der Waals surface area contributed by atoms with Crippen LogP contribution in [-0.2, 0) is 17.6 Å². The number of hydrogen-bond donors (Lipinski definition) is 3. The number of thioether (sulfide) groups is 1. The summed E-state index contributed by atoms with van der Waals surface area (Å²) in [6, 6.07) is 25.8. The molecule has 3 aromatic carbocycles. The van der Waals surface area contributed by atoms with E-state index in [-0.39, 0.29) is 17.0 Å². The number of carbonyl (C=O) groups is 3. The monoisotopic (exact) mass is 581 g/mol. The molecule has 0 fully saturated rings. The van der Waals surface area contributed by atoms with Gasteiger partial charge in [0.1, 0.15) is 11.1 Å². The van der Waals surface area contributed by atoms with Crippen LogP contribution in [0.2, 0.25) is 0 Å². The van der Waals surface area contributed by atoms with E-state index in [4.69, 9.17) is 0 Å². The van der Waals surface area contributed by atoms with Gasteiger partial charge >= 0.3 is 5.97 Å². The van der Waals surface area contributed by atoms with Gasteiger partial charge < -0.3 is 15.7 Å². The van der Waals surface area contributed by atoms with Crippen molar-refractivity contribution >= 4 is 51.6 Å². The highest BCUT2D eigenvalue weighted by molar-refractivity contribution is 8.00. The van der Waals surface area contributed by atoms with Gasteiger partial charge in [-0.25, -0.2) is 4.79 Å². The van der Waals surface area contributed by atoms with Gasteiger partial charge in [-0.1, -0.05) is 48.5 Å². The summed E-state index contributed by atoms with van der Waals surface area (Å²) in [7, 11) is 0. The van der Waals surface area contributed by atoms with Crippen molar-refractivity contribution in [1.29, 1.82) is 5.26 Å². The van der Waals surface area contributed by atoms with Gasteiger partial charge in [0.05, 0.1) is 21.9 Å². The maximum Gasteiger partial charge on any atom is 0.336 e. The van der Waals surface area contributed by atoms with Gasteiger partial charge in [0, 0.05) is 15.5 Å². The molecule has 0 aliphatic heterocycles. The Morgan fingerprint density at radius 1 is 1.00 bits per heavy atom. The van der Waals surface area contributed by atoms with Gasteiger partial charge in [-0.15, -0.1) is 23.1 Å². The first-order valence-electron chi connectivity index (χ1n) is 13.1. The molecule has 4 aromatic rings. The van der Waals surface area contributed by atoms with Crippen LogP contribution in [0.4, 0.5) is 10.7 Å². The second kappa shape index (κ2) is 12.4. The van der Waals surface area contributed by atoms with Crippen molar-refractivity contribution in [2.45, 2.75) is 42.2 Å². The molecule has 41 heavy (non-hydrogen) atoms. The first kappa shape index (κ1) is 28.1. The van der Waals surface area contributed by atoms with Crippen LogP contribution in [0.3, 0.4) is 0 Å². The van der Waals surface area contributed by atoms with E-state index in [9.17, 15) is 24.8 Å². The van der Waals surface area contributed by atoms with Crippen molar-refractivity contribution in [3.63, 3.8) is 0 Å². The van der Waals surface area contributed by atoms with Crippen LogP contribution in [0.15, 0.2) is 83.8 Å². The van der Waals surface area contributed by atoms with Crippen molar-refractivity contribution < 1.29 is 19.5 Å². The van der Waals surface area contributed by atoms with Crippen LogP contribution >= 0.6 is 23.1 Å². The summed E-state index contributed by atoms with van der Waals surface area (Å²) in [5.74, 6) is -1.52. The first-order valence-corrected chi connectivity index (χ1v) is 14.8. The lowest BCUT2D eigenvalue weighted by Crippen LogP contribution is -2.22. The van der Waals surface area contributed by atoms with Gasteiger partial charge in [0.2, 0.25) is 5.91 Å². The lowest BCUT2D eigenvalue weighted by atomic mass is 9.83. The van der Waals surface area contributed by atoms with Crippen LogP contribution < -0.4 is 10.6 Å². The number of rotatable bonds is 8. The Balaban J connectivity index is 1.25. The Labute approximate surface area is 246 Å². The van der Waals surface area contributed by atoms with Gasteiger partial charge in [0.15, 0.2) is 0 Å². The van der Waals surface area contributed by atoms with Crippen molar-refractivity contribution in [2.24, 2.45) is 0 Å². The fraction of sp³-hybridized carbons (Fsp3) is 0.188. The average molecular weight is 582 g/mol. The number of nitrogens with zero attached hydrogens (tertiary/aromatic N) is 1. The van der Waals surface area contributed by atoms with E-state index in [0.717, 1.165) is 34.6 Å². The number of aromatic carboxylic acids is 1. The van der Waals surface area contributed by atoms with Crippen LogP contribution in [0.1, 0.15) is 61.5 Å². The number of thiophene rings is 1. The minimum atomic E-state index is -1.18. The summed E-state index contributed by atoms with van der Waals surface area (Å²) >= 11 is 2.82. The Morgan fingerprint density at radius 3 is 2.46 bits per heavy atom. The molecule has 2 unspecified atom stereocenters. The zero-order valence-electron chi connectivity index (χ0n) is 22.2. The fourth-order valence-electron chi connectivity index (χ4n) is 4.99. The normalized spacial score (nSPS) is 14.8. The molecule has 3 N–H and O–H groups in total. The molecule has 1 aliphatic carbocycles. The van der Waals surface area contributed by atoms with Crippen LogP contribution in [0, 0.1) is 11.3 Å². The third-order valence-electron chi connectivity index (χ3n) is 7.06. The van der Waals surface area contributed by atoms with Crippen molar-refractivity contribution in [3.05, 3.63) is 112 Å². The number of fused-ring (bicyclic) bond motifs is 1. The zero-order valence-corrected chi connectivity index (χ0v) is 23.9. The predicted octanol–water partition coefficient (Wildman–Crippen LogP) is 6.96. The van der Waals surface area contributed by atoms with Crippen LogP contribution in [-0.4, -0.2) is 28.1 Å². The molecular formula is C32H27N3O4S2. The summed E-state index contributed by atoms with van der Waals surface area (Å²) in [5.41, 5.74) is 3.38. The quantitative estimate of drug-likeness (QED) is 0.194. The molecule has 0 radical (unpaired) electrons. The zero-order chi connectivity index (χ0) is 28.9. The summed E-state index contributed by atoms with van der Waals surface area (Å²) in [6.07, 6.45) is 2.63. The van der Waals surface area contributed by atoms with E-state index >= 15 is 0 Å². The molecule has 2 amide bonds.